The van der Waals surface area contributed by atoms with E-state index >= 15 is 0 Å². The van der Waals surface area contributed by atoms with E-state index in [1.807, 2.05) is 61.5 Å². The Morgan fingerprint density at radius 3 is 1.82 bits per heavy atom. The van der Waals surface area contributed by atoms with Crippen LogP contribution < -0.4 is 5.32 Å². The molecule has 0 saturated heterocycles. The molecule has 6 aromatic heterocycles. The van der Waals surface area contributed by atoms with E-state index in [-0.39, 0.29) is 24.0 Å². The summed E-state index contributed by atoms with van der Waals surface area (Å²) < 4.78 is 7.03. The predicted molar refractivity (Wildman–Crippen MR) is 195 cm³/mol. The second kappa shape index (κ2) is 14.3. The number of carbonyl (C=O) groups is 2. The summed E-state index contributed by atoms with van der Waals surface area (Å²) in [4.78, 5) is 31.0. The fraction of sp³-hybridized carbons (Fsp3) is 0.200. The third kappa shape index (κ3) is 6.64. The van der Waals surface area contributed by atoms with Gasteiger partial charge in [0.05, 0.1) is 49.9 Å². The SMILES string of the molecule is CCOCCCNC(=O)c1cc2[nH]nc(-c3cc4cc(CO)ccc4[nH]3)c2s1.O=C(O)c1cc2[nH]nc(-c3cc4cc(CO)ccc4[nH]3)c2s1. The molecule has 0 unspecified atom stereocenters. The van der Waals surface area contributed by atoms with Crippen LogP contribution in [0.25, 0.3) is 65.0 Å². The van der Waals surface area contributed by atoms with Gasteiger partial charge in [-0.25, -0.2) is 4.79 Å². The third-order valence-electron chi connectivity index (χ3n) is 8.11. The first-order chi connectivity index (χ1) is 24.3. The molecule has 13 nitrogen and oxygen atoms in total. The van der Waals surface area contributed by atoms with Gasteiger partial charge >= 0.3 is 5.97 Å². The number of aromatic nitrogens is 6. The van der Waals surface area contributed by atoms with Crippen molar-refractivity contribution < 1.29 is 29.6 Å². The Balaban J connectivity index is 0.000000161. The third-order valence-corrected chi connectivity index (χ3v) is 10.4. The van der Waals surface area contributed by atoms with Gasteiger partial charge in [-0.3, -0.25) is 15.0 Å². The number of nitrogens with one attached hydrogen (secondary N) is 5. The van der Waals surface area contributed by atoms with Gasteiger partial charge < -0.3 is 35.3 Å². The van der Waals surface area contributed by atoms with Gasteiger partial charge in [-0.05, 0) is 73.0 Å². The van der Waals surface area contributed by atoms with E-state index in [2.05, 4.69) is 35.7 Å². The zero-order chi connectivity index (χ0) is 34.8. The van der Waals surface area contributed by atoms with Crippen molar-refractivity contribution in [1.29, 1.82) is 0 Å². The molecule has 8 aromatic rings. The number of nitrogens with zero attached hydrogens (tertiary/aromatic N) is 2. The fourth-order valence-electron chi connectivity index (χ4n) is 5.64. The molecular formula is C35H33N7O6S2. The van der Waals surface area contributed by atoms with Gasteiger partial charge in [0.15, 0.2) is 0 Å². The number of carboxylic acids is 1. The summed E-state index contributed by atoms with van der Waals surface area (Å²) in [6, 6.07) is 18.9. The maximum atomic E-state index is 12.4. The molecule has 1 amide bonds. The van der Waals surface area contributed by atoms with Crippen LogP contribution in [-0.2, 0) is 18.0 Å². The number of hydrogen-bond donors (Lipinski definition) is 8. The van der Waals surface area contributed by atoms with Gasteiger partial charge in [0.2, 0.25) is 0 Å². The first-order valence-corrected chi connectivity index (χ1v) is 17.5. The van der Waals surface area contributed by atoms with Crippen LogP contribution in [0.2, 0.25) is 0 Å². The van der Waals surface area contributed by atoms with Gasteiger partial charge in [-0.1, -0.05) is 12.1 Å². The maximum Gasteiger partial charge on any atom is 0.345 e. The highest BCUT2D eigenvalue weighted by atomic mass is 32.1. The normalized spacial score (nSPS) is 11.5. The summed E-state index contributed by atoms with van der Waals surface area (Å²) in [7, 11) is 0. The maximum absolute atomic E-state index is 12.4. The van der Waals surface area contributed by atoms with Gasteiger partial charge in [-0.15, -0.1) is 22.7 Å². The average Bonchev–Trinajstić information content (AvgIpc) is 3.96. The number of aliphatic hydroxyl groups is 2. The number of thiophene rings is 2. The highest BCUT2D eigenvalue weighted by molar-refractivity contribution is 7.21. The van der Waals surface area contributed by atoms with Crippen LogP contribution >= 0.6 is 22.7 Å². The molecule has 15 heteroatoms. The molecule has 0 bridgehead atoms. The van der Waals surface area contributed by atoms with Crippen molar-refractivity contribution in [2.24, 2.45) is 0 Å². The zero-order valence-corrected chi connectivity index (χ0v) is 28.4. The molecule has 0 atom stereocenters. The van der Waals surface area contributed by atoms with Crippen LogP contribution in [0.5, 0.6) is 0 Å². The topological polar surface area (TPSA) is 205 Å². The first kappa shape index (κ1) is 33.2. The van der Waals surface area contributed by atoms with Crippen LogP contribution in [0.4, 0.5) is 0 Å². The number of fused-ring (bicyclic) bond motifs is 4. The van der Waals surface area contributed by atoms with E-state index in [0.717, 1.165) is 71.4 Å². The first-order valence-electron chi connectivity index (χ1n) is 15.9. The standard InChI is InChI=1S/C20H22N4O3S.C15H11N3O3S/c1-2-27-7-3-6-21-20(26)17-10-16-19(28-17)18(24-23-16)15-9-13-8-12(11-25)4-5-14(13)22-15;19-6-7-1-2-9-8(3-7)4-10(16-9)13-14-11(17-18-13)5-12(22-14)15(20)21/h4-5,8-10,22,25H,2-3,6-7,11H2,1H3,(H,21,26)(H,23,24);1-5,16,19H,6H2,(H,17,18)(H,20,21). The molecule has 6 heterocycles. The van der Waals surface area contributed by atoms with Crippen LogP contribution in [0.15, 0.2) is 60.7 Å². The number of carbonyl (C=O) groups excluding carboxylic acids is 1. The smallest absolute Gasteiger partial charge is 0.345 e. The monoisotopic (exact) mass is 711 g/mol. The molecule has 50 heavy (non-hydrogen) atoms. The average molecular weight is 712 g/mol. The van der Waals surface area contributed by atoms with Crippen LogP contribution in [0.1, 0.15) is 43.8 Å². The van der Waals surface area contributed by atoms with Crippen molar-refractivity contribution >= 4 is 76.8 Å². The summed E-state index contributed by atoms with van der Waals surface area (Å²) in [5.41, 5.74) is 8.37. The Kier molecular flexibility index (Phi) is 9.47. The largest absolute Gasteiger partial charge is 0.477 e. The number of aromatic carboxylic acids is 1. The molecule has 256 valence electrons. The molecule has 0 saturated carbocycles. The number of rotatable bonds is 11. The molecule has 0 spiro atoms. The Bertz CT molecular complexity index is 2460. The highest BCUT2D eigenvalue weighted by Gasteiger charge is 2.18. The minimum absolute atomic E-state index is 0.00397. The second-order valence-electron chi connectivity index (χ2n) is 11.5. The minimum atomic E-state index is -0.940. The summed E-state index contributed by atoms with van der Waals surface area (Å²) in [5, 5.41) is 47.1. The number of H-pyrrole nitrogens is 4. The molecule has 8 rings (SSSR count). The Hall–Kier alpha value is -5.32. The number of amides is 1. The van der Waals surface area contributed by atoms with Crippen molar-refractivity contribution in [2.45, 2.75) is 26.6 Å². The Morgan fingerprint density at radius 2 is 1.30 bits per heavy atom. The van der Waals surface area contributed by atoms with Crippen LogP contribution in [0.3, 0.4) is 0 Å². The number of aromatic amines is 4. The lowest BCUT2D eigenvalue weighted by Crippen LogP contribution is -2.24. The van der Waals surface area contributed by atoms with E-state index in [4.69, 9.17) is 9.84 Å². The van der Waals surface area contributed by atoms with Crippen LogP contribution in [0, 0.1) is 0 Å². The molecule has 0 radical (unpaired) electrons. The van der Waals surface area contributed by atoms with E-state index in [9.17, 15) is 19.8 Å². The molecule has 0 fully saturated rings. The molecular weight excluding hydrogens is 679 g/mol. The number of aliphatic hydroxyl groups excluding tert-OH is 2. The van der Waals surface area contributed by atoms with Crippen molar-refractivity contribution in [1.82, 2.24) is 35.7 Å². The highest BCUT2D eigenvalue weighted by Crippen LogP contribution is 2.35. The summed E-state index contributed by atoms with van der Waals surface area (Å²) in [5.74, 6) is -1.02. The molecule has 0 aliphatic carbocycles. The number of benzene rings is 2. The lowest BCUT2D eigenvalue weighted by molar-refractivity contribution is 0.0701. The summed E-state index contributed by atoms with van der Waals surface area (Å²) in [6.45, 7) is 3.89. The van der Waals surface area contributed by atoms with Gasteiger partial charge in [-0.2, -0.15) is 10.2 Å². The number of ether oxygens (including phenoxy) is 1. The molecule has 0 aliphatic rings. The molecule has 8 N–H and O–H groups in total. The van der Waals surface area contributed by atoms with Crippen molar-refractivity contribution in [2.75, 3.05) is 19.8 Å². The number of carboxylic acid groups (broad SMARTS) is 1. The van der Waals surface area contributed by atoms with Crippen LogP contribution in [-0.4, -0.2) is 77.3 Å². The number of hydrogen-bond acceptors (Lipinski definition) is 9. The summed E-state index contributed by atoms with van der Waals surface area (Å²) >= 11 is 2.62. The minimum Gasteiger partial charge on any atom is -0.477 e. The fourth-order valence-corrected chi connectivity index (χ4v) is 7.62. The van der Waals surface area contributed by atoms with Crippen molar-refractivity contribution in [3.63, 3.8) is 0 Å². The van der Waals surface area contributed by atoms with Gasteiger partial charge in [0.25, 0.3) is 5.91 Å². The van der Waals surface area contributed by atoms with E-state index < -0.39 is 5.97 Å². The predicted octanol–water partition coefficient (Wildman–Crippen LogP) is 6.38. The molecule has 2 aromatic carbocycles. The van der Waals surface area contributed by atoms with Gasteiger partial charge in [0.1, 0.15) is 16.3 Å². The van der Waals surface area contributed by atoms with E-state index in [0.29, 0.717) is 35.8 Å². The summed E-state index contributed by atoms with van der Waals surface area (Å²) in [6.07, 6.45) is 0.792. The quantitative estimate of drug-likeness (QED) is 0.0705. The zero-order valence-electron chi connectivity index (χ0n) is 26.8. The lowest BCUT2D eigenvalue weighted by atomic mass is 10.1. The van der Waals surface area contributed by atoms with Crippen molar-refractivity contribution in [3.05, 3.63) is 81.5 Å². The second-order valence-corrected chi connectivity index (χ2v) is 13.6. The Labute approximate surface area is 291 Å². The Morgan fingerprint density at radius 1 is 0.760 bits per heavy atom. The van der Waals surface area contributed by atoms with E-state index in [1.165, 1.54) is 22.7 Å². The van der Waals surface area contributed by atoms with E-state index in [1.54, 1.807) is 6.07 Å². The van der Waals surface area contributed by atoms with Crippen molar-refractivity contribution in [3.8, 4) is 22.8 Å². The lowest BCUT2D eigenvalue weighted by Gasteiger charge is -2.03. The molecule has 0 aliphatic heterocycles. The van der Waals surface area contributed by atoms with Gasteiger partial charge in [0, 0.05) is 41.6 Å².